The average molecular weight is 474 g/mol. The lowest BCUT2D eigenvalue weighted by Gasteiger charge is -2.16. The van der Waals surface area contributed by atoms with Crippen LogP contribution in [0.2, 0.25) is 0 Å². The first-order chi connectivity index (χ1) is 17.0. The molecule has 0 spiro atoms. The Morgan fingerprint density at radius 3 is 2.40 bits per heavy atom. The van der Waals surface area contributed by atoms with Crippen LogP contribution in [0.4, 0.5) is 4.39 Å². The lowest BCUT2D eigenvalue weighted by Crippen LogP contribution is -2.18. The third kappa shape index (κ3) is 6.35. The Balaban J connectivity index is 1.36. The maximum atomic E-state index is 13.3. The maximum Gasteiger partial charge on any atom is 0.313 e. The number of ether oxygens (including phenoxy) is 2. The molecule has 0 aliphatic carbocycles. The van der Waals surface area contributed by atoms with Gasteiger partial charge in [0.05, 0.1) is 24.8 Å². The highest BCUT2D eigenvalue weighted by molar-refractivity contribution is 5.78. The number of esters is 1. The number of halogens is 1. The van der Waals surface area contributed by atoms with Gasteiger partial charge in [0, 0.05) is 12.0 Å². The van der Waals surface area contributed by atoms with E-state index >= 15 is 0 Å². The van der Waals surface area contributed by atoms with Crippen molar-refractivity contribution in [3.8, 4) is 17.2 Å². The van der Waals surface area contributed by atoms with Gasteiger partial charge < -0.3 is 13.9 Å². The summed E-state index contributed by atoms with van der Waals surface area (Å²) in [5.41, 5.74) is 3.50. The van der Waals surface area contributed by atoms with Crippen LogP contribution < -0.4 is 4.74 Å². The number of aryl methyl sites for hydroxylation is 1. The fourth-order valence-electron chi connectivity index (χ4n) is 3.86. The van der Waals surface area contributed by atoms with Gasteiger partial charge in [-0.1, -0.05) is 42.5 Å². The number of aromatic nitrogens is 1. The summed E-state index contributed by atoms with van der Waals surface area (Å²) in [5.74, 6) is 0.963. The molecule has 0 aliphatic heterocycles. The van der Waals surface area contributed by atoms with Gasteiger partial charge in [-0.25, -0.2) is 9.37 Å². The molecule has 0 radical (unpaired) electrons. The number of rotatable bonds is 10. The Hall–Kier alpha value is -3.93. The second-order valence-electron chi connectivity index (χ2n) is 8.19. The van der Waals surface area contributed by atoms with Gasteiger partial charge >= 0.3 is 5.97 Å². The summed E-state index contributed by atoms with van der Waals surface area (Å²) in [7, 11) is 0. The summed E-state index contributed by atoms with van der Waals surface area (Å²) in [5, 5.41) is 0. The Kier molecular flexibility index (Phi) is 7.93. The van der Waals surface area contributed by atoms with Gasteiger partial charge in [-0.3, -0.25) is 4.79 Å². The zero-order chi connectivity index (χ0) is 24.6. The first-order valence-electron chi connectivity index (χ1n) is 11.7. The standard InChI is InChI=1S/C29H28FNO4/c1-3-33-29(32)26(22-11-13-24(30)14-12-22)19-21-9-15-25(16-10-21)34-18-17-27-20(2)35-28(31-27)23-7-5-4-6-8-23/h4-16,26H,3,17-19H2,1-2H3. The van der Waals surface area contributed by atoms with E-state index in [0.717, 1.165) is 33.9 Å². The van der Waals surface area contributed by atoms with Crippen LogP contribution in [0.3, 0.4) is 0 Å². The van der Waals surface area contributed by atoms with Crippen LogP contribution in [0.25, 0.3) is 11.5 Å². The zero-order valence-corrected chi connectivity index (χ0v) is 19.9. The topological polar surface area (TPSA) is 61.6 Å². The predicted molar refractivity (Wildman–Crippen MR) is 132 cm³/mol. The molecule has 0 aliphatic rings. The lowest BCUT2D eigenvalue weighted by atomic mass is 9.92. The molecule has 1 atom stereocenters. The molecule has 3 aromatic carbocycles. The SMILES string of the molecule is CCOC(=O)C(Cc1ccc(OCCc2nc(-c3ccccc3)oc2C)cc1)c1ccc(F)cc1. The Morgan fingerprint density at radius 2 is 1.71 bits per heavy atom. The van der Waals surface area contributed by atoms with Gasteiger partial charge in [0.2, 0.25) is 5.89 Å². The first kappa shape index (κ1) is 24.2. The molecule has 0 saturated carbocycles. The molecule has 4 aromatic rings. The maximum absolute atomic E-state index is 13.3. The van der Waals surface area contributed by atoms with Crippen LogP contribution in [0.1, 0.15) is 35.4 Å². The van der Waals surface area contributed by atoms with Crippen LogP contribution in [-0.2, 0) is 22.4 Å². The first-order valence-corrected chi connectivity index (χ1v) is 11.7. The molecule has 1 unspecified atom stereocenters. The van der Waals surface area contributed by atoms with Gasteiger partial charge in [-0.2, -0.15) is 0 Å². The highest BCUT2D eigenvalue weighted by atomic mass is 19.1. The number of oxazole rings is 1. The molecule has 0 fully saturated rings. The van der Waals surface area contributed by atoms with Gasteiger partial charge in [-0.15, -0.1) is 0 Å². The van der Waals surface area contributed by atoms with Crippen molar-refractivity contribution in [3.63, 3.8) is 0 Å². The summed E-state index contributed by atoms with van der Waals surface area (Å²) in [6.45, 7) is 4.43. The fourth-order valence-corrected chi connectivity index (χ4v) is 3.86. The van der Waals surface area contributed by atoms with Gasteiger partial charge in [-0.05, 0) is 67.8 Å². The summed E-state index contributed by atoms with van der Waals surface area (Å²) in [4.78, 5) is 17.2. The van der Waals surface area contributed by atoms with Crippen molar-refractivity contribution in [1.29, 1.82) is 0 Å². The minimum absolute atomic E-state index is 0.293. The summed E-state index contributed by atoms with van der Waals surface area (Å²) in [6.07, 6.45) is 1.07. The molecule has 35 heavy (non-hydrogen) atoms. The largest absolute Gasteiger partial charge is 0.493 e. The minimum Gasteiger partial charge on any atom is -0.493 e. The van der Waals surface area contributed by atoms with Gasteiger partial charge in [0.15, 0.2) is 0 Å². The van der Waals surface area contributed by atoms with E-state index in [1.165, 1.54) is 12.1 Å². The van der Waals surface area contributed by atoms with E-state index in [2.05, 4.69) is 4.98 Å². The van der Waals surface area contributed by atoms with E-state index in [4.69, 9.17) is 13.9 Å². The molecule has 1 aromatic heterocycles. The molecule has 1 heterocycles. The van der Waals surface area contributed by atoms with E-state index in [-0.39, 0.29) is 11.8 Å². The smallest absolute Gasteiger partial charge is 0.313 e. The van der Waals surface area contributed by atoms with Crippen LogP contribution in [0, 0.1) is 12.7 Å². The normalized spacial score (nSPS) is 11.7. The lowest BCUT2D eigenvalue weighted by molar-refractivity contribution is -0.144. The number of hydrogen-bond donors (Lipinski definition) is 0. The van der Waals surface area contributed by atoms with Crippen LogP contribution in [0.15, 0.2) is 83.3 Å². The van der Waals surface area contributed by atoms with E-state index in [9.17, 15) is 9.18 Å². The van der Waals surface area contributed by atoms with Crippen molar-refractivity contribution in [1.82, 2.24) is 4.98 Å². The number of carbonyl (C=O) groups is 1. The van der Waals surface area contributed by atoms with E-state index in [1.807, 2.05) is 61.5 Å². The van der Waals surface area contributed by atoms with E-state index in [1.54, 1.807) is 19.1 Å². The molecular formula is C29H28FNO4. The summed E-state index contributed by atoms with van der Waals surface area (Å²) >= 11 is 0. The number of nitrogens with zero attached hydrogens (tertiary/aromatic N) is 1. The number of benzene rings is 3. The molecular weight excluding hydrogens is 445 g/mol. The van der Waals surface area contributed by atoms with Gasteiger partial charge in [0.25, 0.3) is 0 Å². The van der Waals surface area contributed by atoms with Gasteiger partial charge in [0.1, 0.15) is 17.3 Å². The summed E-state index contributed by atoms with van der Waals surface area (Å²) < 4.78 is 30.3. The monoisotopic (exact) mass is 473 g/mol. The predicted octanol–water partition coefficient (Wildman–Crippen LogP) is 6.30. The fraction of sp³-hybridized carbons (Fsp3) is 0.241. The van der Waals surface area contributed by atoms with Crippen LogP contribution in [-0.4, -0.2) is 24.2 Å². The van der Waals surface area contributed by atoms with E-state index in [0.29, 0.717) is 31.9 Å². The third-order valence-electron chi connectivity index (χ3n) is 5.73. The van der Waals surface area contributed by atoms with Crippen LogP contribution in [0.5, 0.6) is 5.75 Å². The Morgan fingerprint density at radius 1 is 1.00 bits per heavy atom. The Labute approximate surface area is 204 Å². The highest BCUT2D eigenvalue weighted by Gasteiger charge is 2.22. The van der Waals surface area contributed by atoms with Crippen LogP contribution >= 0.6 is 0 Å². The molecule has 0 N–H and O–H groups in total. The quantitative estimate of drug-likeness (QED) is 0.253. The minimum atomic E-state index is -0.503. The average Bonchev–Trinajstić information content (AvgIpc) is 3.25. The second-order valence-corrected chi connectivity index (χ2v) is 8.19. The van der Waals surface area contributed by atoms with Crippen molar-refractivity contribution < 1.29 is 23.1 Å². The summed E-state index contributed by atoms with van der Waals surface area (Å²) in [6, 6.07) is 23.4. The second kappa shape index (κ2) is 11.5. The molecule has 0 saturated heterocycles. The molecule has 0 amide bonds. The molecule has 5 nitrogen and oxygen atoms in total. The van der Waals surface area contributed by atoms with Crippen molar-refractivity contribution in [2.24, 2.45) is 0 Å². The van der Waals surface area contributed by atoms with Crippen molar-refractivity contribution in [2.45, 2.75) is 32.6 Å². The van der Waals surface area contributed by atoms with Crippen molar-refractivity contribution >= 4 is 5.97 Å². The third-order valence-corrected chi connectivity index (χ3v) is 5.73. The van der Waals surface area contributed by atoms with Crippen molar-refractivity contribution in [2.75, 3.05) is 13.2 Å². The van der Waals surface area contributed by atoms with Crippen molar-refractivity contribution in [3.05, 3.63) is 107 Å². The van der Waals surface area contributed by atoms with E-state index < -0.39 is 5.92 Å². The highest BCUT2D eigenvalue weighted by Crippen LogP contribution is 2.25. The molecule has 0 bridgehead atoms. The Bertz CT molecular complexity index is 1230. The number of hydrogen-bond acceptors (Lipinski definition) is 5. The number of carbonyl (C=O) groups excluding carboxylic acids is 1. The molecule has 6 heteroatoms. The molecule has 180 valence electrons. The zero-order valence-electron chi connectivity index (χ0n) is 19.9. The molecule has 4 rings (SSSR count).